The van der Waals surface area contributed by atoms with Gasteiger partial charge in [-0.2, -0.15) is 4.98 Å². The molecule has 0 radical (unpaired) electrons. The number of ether oxygens (including phenoxy) is 1. The molecule has 6 heteroatoms. The predicted molar refractivity (Wildman–Crippen MR) is 59.8 cm³/mol. The zero-order valence-corrected chi connectivity index (χ0v) is 9.38. The van der Waals surface area contributed by atoms with Crippen molar-refractivity contribution in [2.45, 2.75) is 18.0 Å². The number of anilines is 1. The van der Waals surface area contributed by atoms with Gasteiger partial charge in [-0.1, -0.05) is 11.8 Å². The van der Waals surface area contributed by atoms with Crippen molar-refractivity contribution in [3.63, 3.8) is 0 Å². The van der Waals surface area contributed by atoms with Crippen LogP contribution in [0, 0.1) is 5.92 Å². The third kappa shape index (κ3) is 2.97. The van der Waals surface area contributed by atoms with Crippen molar-refractivity contribution in [2.24, 2.45) is 11.8 Å². The first-order valence-corrected chi connectivity index (χ1v) is 6.07. The van der Waals surface area contributed by atoms with Crippen molar-refractivity contribution < 1.29 is 4.74 Å². The summed E-state index contributed by atoms with van der Waals surface area (Å²) in [6.45, 7) is 0.745. The van der Waals surface area contributed by atoms with E-state index in [-0.39, 0.29) is 0 Å². The minimum atomic E-state index is 0.583. The fraction of sp³-hybridized carbons (Fsp3) is 0.556. The fourth-order valence-corrected chi connectivity index (χ4v) is 1.50. The first-order chi connectivity index (χ1) is 7.31. The lowest BCUT2D eigenvalue weighted by molar-refractivity contribution is 0.285. The highest BCUT2D eigenvalue weighted by Crippen LogP contribution is 2.29. The molecular weight excluding hydrogens is 212 g/mol. The molecule has 15 heavy (non-hydrogen) atoms. The lowest BCUT2D eigenvalue weighted by atomic mass is 10.5. The van der Waals surface area contributed by atoms with Gasteiger partial charge in [0.05, 0.1) is 6.61 Å². The summed E-state index contributed by atoms with van der Waals surface area (Å²) in [5.74, 6) is 7.20. The van der Waals surface area contributed by atoms with E-state index in [1.54, 1.807) is 6.07 Å². The molecule has 0 aromatic carbocycles. The van der Waals surface area contributed by atoms with E-state index in [1.165, 1.54) is 24.6 Å². The van der Waals surface area contributed by atoms with Gasteiger partial charge in [-0.15, -0.1) is 0 Å². The standard InChI is InChI=1S/C9H14N4OS/c1-15-9-11-7(13-10)4-8(12-9)14-5-6-2-3-6/h4,6H,2-3,5,10H2,1H3,(H,11,12,13). The first-order valence-electron chi connectivity index (χ1n) is 4.84. The van der Waals surface area contributed by atoms with Gasteiger partial charge in [0.15, 0.2) is 5.16 Å². The Morgan fingerprint density at radius 3 is 3.00 bits per heavy atom. The Morgan fingerprint density at radius 2 is 2.40 bits per heavy atom. The molecule has 1 aliphatic rings. The third-order valence-electron chi connectivity index (χ3n) is 2.18. The van der Waals surface area contributed by atoms with Crippen LogP contribution in [0.15, 0.2) is 11.2 Å². The predicted octanol–water partition coefficient (Wildman–Crippen LogP) is 1.27. The SMILES string of the molecule is CSc1nc(NN)cc(OCC2CC2)n1. The third-order valence-corrected chi connectivity index (χ3v) is 2.72. The number of aromatic nitrogens is 2. The van der Waals surface area contributed by atoms with Crippen LogP contribution in [0.5, 0.6) is 5.88 Å². The van der Waals surface area contributed by atoms with Crippen LogP contribution >= 0.6 is 11.8 Å². The van der Waals surface area contributed by atoms with E-state index >= 15 is 0 Å². The van der Waals surface area contributed by atoms with Gasteiger partial charge in [0.25, 0.3) is 0 Å². The topological polar surface area (TPSA) is 73.1 Å². The minimum absolute atomic E-state index is 0.583. The summed E-state index contributed by atoms with van der Waals surface area (Å²) >= 11 is 1.46. The van der Waals surface area contributed by atoms with Crippen molar-refractivity contribution in [3.05, 3.63) is 6.07 Å². The van der Waals surface area contributed by atoms with Gasteiger partial charge >= 0.3 is 0 Å². The molecule has 5 nitrogen and oxygen atoms in total. The van der Waals surface area contributed by atoms with Crippen molar-refractivity contribution >= 4 is 17.6 Å². The Kier molecular flexibility index (Phi) is 3.27. The molecule has 0 atom stereocenters. The number of hydrogen-bond acceptors (Lipinski definition) is 6. The van der Waals surface area contributed by atoms with Crippen LogP contribution in [-0.2, 0) is 0 Å². The Morgan fingerprint density at radius 1 is 1.60 bits per heavy atom. The van der Waals surface area contributed by atoms with Crippen molar-refractivity contribution in [2.75, 3.05) is 18.3 Å². The summed E-state index contributed by atoms with van der Waals surface area (Å²) in [5.41, 5.74) is 2.50. The normalized spacial score (nSPS) is 15.1. The molecule has 0 bridgehead atoms. The van der Waals surface area contributed by atoms with Crippen molar-refractivity contribution in [3.8, 4) is 5.88 Å². The van der Waals surface area contributed by atoms with Crippen molar-refractivity contribution in [1.82, 2.24) is 9.97 Å². The van der Waals surface area contributed by atoms with E-state index in [9.17, 15) is 0 Å². The Balaban J connectivity index is 2.06. The lowest BCUT2D eigenvalue weighted by Gasteiger charge is -2.07. The maximum atomic E-state index is 5.55. The van der Waals surface area contributed by atoms with Crippen LogP contribution in [0.4, 0.5) is 5.82 Å². The molecule has 0 spiro atoms. The van der Waals surface area contributed by atoms with Crippen LogP contribution < -0.4 is 16.0 Å². The van der Waals surface area contributed by atoms with E-state index in [0.29, 0.717) is 22.8 Å². The van der Waals surface area contributed by atoms with Crippen LogP contribution in [0.3, 0.4) is 0 Å². The first kappa shape index (κ1) is 10.5. The number of hydrazine groups is 1. The van der Waals surface area contributed by atoms with Gasteiger partial charge in [0.2, 0.25) is 5.88 Å². The highest BCUT2D eigenvalue weighted by Gasteiger charge is 2.22. The molecule has 1 saturated carbocycles. The van der Waals surface area contributed by atoms with Gasteiger partial charge in [-0.05, 0) is 25.0 Å². The number of nitrogens with zero attached hydrogens (tertiary/aromatic N) is 2. The highest BCUT2D eigenvalue weighted by atomic mass is 32.2. The maximum Gasteiger partial charge on any atom is 0.219 e. The molecule has 2 rings (SSSR count). The number of rotatable bonds is 5. The van der Waals surface area contributed by atoms with Crippen LogP contribution in [0.25, 0.3) is 0 Å². The van der Waals surface area contributed by atoms with Crippen LogP contribution in [-0.4, -0.2) is 22.8 Å². The number of hydrogen-bond donors (Lipinski definition) is 2. The monoisotopic (exact) mass is 226 g/mol. The van der Waals surface area contributed by atoms with Crippen LogP contribution in [0.2, 0.25) is 0 Å². The molecule has 0 unspecified atom stereocenters. The smallest absolute Gasteiger partial charge is 0.219 e. The van der Waals surface area contributed by atoms with Gasteiger partial charge in [0.1, 0.15) is 5.82 Å². The zero-order chi connectivity index (χ0) is 10.7. The second-order valence-corrected chi connectivity index (χ2v) is 4.25. The Bertz CT molecular complexity index is 321. The van der Waals surface area contributed by atoms with Gasteiger partial charge in [0, 0.05) is 6.07 Å². The second-order valence-electron chi connectivity index (χ2n) is 3.48. The van der Waals surface area contributed by atoms with Gasteiger partial charge in [-0.3, -0.25) is 0 Å². The summed E-state index contributed by atoms with van der Waals surface area (Å²) < 4.78 is 5.55. The number of nitrogens with two attached hydrogens (primary N) is 1. The van der Waals surface area contributed by atoms with Crippen LogP contribution in [0.1, 0.15) is 12.8 Å². The molecule has 3 N–H and O–H groups in total. The minimum Gasteiger partial charge on any atom is -0.477 e. The molecule has 1 aliphatic carbocycles. The molecule has 1 aromatic rings. The molecular formula is C9H14N4OS. The average molecular weight is 226 g/mol. The van der Waals surface area contributed by atoms with E-state index in [2.05, 4.69) is 15.4 Å². The van der Waals surface area contributed by atoms with E-state index in [0.717, 1.165) is 6.61 Å². The largest absolute Gasteiger partial charge is 0.477 e. The average Bonchev–Trinajstić information content (AvgIpc) is 3.09. The number of nitrogen functional groups attached to an aromatic ring is 1. The molecule has 1 aromatic heterocycles. The van der Waals surface area contributed by atoms with Crippen molar-refractivity contribution in [1.29, 1.82) is 0 Å². The Labute approximate surface area is 92.8 Å². The second kappa shape index (κ2) is 4.67. The lowest BCUT2D eigenvalue weighted by Crippen LogP contribution is -2.10. The van der Waals surface area contributed by atoms with E-state index < -0.39 is 0 Å². The quantitative estimate of drug-likeness (QED) is 0.341. The van der Waals surface area contributed by atoms with Gasteiger partial charge in [-0.25, -0.2) is 10.8 Å². The molecule has 1 fully saturated rings. The summed E-state index contributed by atoms with van der Waals surface area (Å²) in [5, 5.41) is 0.663. The summed E-state index contributed by atoms with van der Waals surface area (Å²) in [7, 11) is 0. The number of nitrogens with one attached hydrogen (secondary N) is 1. The highest BCUT2D eigenvalue weighted by molar-refractivity contribution is 7.98. The fourth-order valence-electron chi connectivity index (χ4n) is 1.13. The summed E-state index contributed by atoms with van der Waals surface area (Å²) in [4.78, 5) is 8.38. The molecule has 0 amide bonds. The van der Waals surface area contributed by atoms with E-state index in [1.807, 2.05) is 6.26 Å². The molecule has 0 saturated heterocycles. The summed E-state index contributed by atoms with van der Waals surface area (Å²) in [6, 6.07) is 1.71. The molecule has 82 valence electrons. The molecule has 1 heterocycles. The maximum absolute atomic E-state index is 5.55. The molecule has 0 aliphatic heterocycles. The van der Waals surface area contributed by atoms with Gasteiger partial charge < -0.3 is 10.2 Å². The van der Waals surface area contributed by atoms with E-state index in [4.69, 9.17) is 10.6 Å². The Hall–Kier alpha value is -1.01. The zero-order valence-electron chi connectivity index (χ0n) is 8.56. The number of thioether (sulfide) groups is 1. The summed E-state index contributed by atoms with van der Waals surface area (Å²) in [6.07, 6.45) is 4.45.